The number of hydrogen-bond acceptors (Lipinski definition) is 2. The van der Waals surface area contributed by atoms with Gasteiger partial charge in [-0.25, -0.2) is 0 Å². The van der Waals surface area contributed by atoms with E-state index in [0.717, 1.165) is 16.3 Å². The van der Waals surface area contributed by atoms with Crippen molar-refractivity contribution in [3.8, 4) is 16.9 Å². The van der Waals surface area contributed by atoms with Crippen molar-refractivity contribution in [1.29, 1.82) is 0 Å². The van der Waals surface area contributed by atoms with Gasteiger partial charge in [0, 0.05) is 11.8 Å². The fourth-order valence-corrected chi connectivity index (χ4v) is 3.98. The van der Waals surface area contributed by atoms with Crippen LogP contribution in [0.15, 0.2) is 47.5 Å². The summed E-state index contributed by atoms with van der Waals surface area (Å²) in [5.41, 5.74) is 3.20. The zero-order chi connectivity index (χ0) is 15.7. The molecule has 1 aliphatic rings. The molecule has 0 radical (unpaired) electrons. The summed E-state index contributed by atoms with van der Waals surface area (Å²) in [6.07, 6.45) is 4.22. The first kappa shape index (κ1) is 15.0. The average molecular weight is 309 g/mol. The zero-order valence-electron chi connectivity index (χ0n) is 13.5. The van der Waals surface area contributed by atoms with Gasteiger partial charge in [-0.3, -0.25) is 4.99 Å². The Balaban J connectivity index is 2.12. The highest BCUT2D eigenvalue weighted by atomic mass is 28.3. The third kappa shape index (κ3) is 3.30. The Bertz CT molecular complexity index is 697. The SMILES string of the molecule is C[Si](C)(C)c1cc(-c2ccccc2)cc(C=NC2CC2)c1O. The number of aliphatic imine (C=N–C) groups is 1. The predicted octanol–water partition coefficient (Wildman–Crippen LogP) is 4.19. The second-order valence-corrected chi connectivity index (χ2v) is 12.1. The largest absolute Gasteiger partial charge is 0.507 e. The van der Waals surface area contributed by atoms with Crippen molar-refractivity contribution >= 4 is 19.5 Å². The van der Waals surface area contributed by atoms with Gasteiger partial charge in [0.05, 0.1) is 14.1 Å². The van der Waals surface area contributed by atoms with Crippen LogP contribution in [0.1, 0.15) is 18.4 Å². The van der Waals surface area contributed by atoms with E-state index in [0.29, 0.717) is 11.8 Å². The Morgan fingerprint density at radius 2 is 1.73 bits per heavy atom. The van der Waals surface area contributed by atoms with Gasteiger partial charge >= 0.3 is 0 Å². The molecule has 3 rings (SSSR count). The van der Waals surface area contributed by atoms with Crippen LogP contribution in [-0.2, 0) is 0 Å². The van der Waals surface area contributed by atoms with Gasteiger partial charge in [-0.1, -0.05) is 56.0 Å². The molecule has 2 aromatic carbocycles. The summed E-state index contributed by atoms with van der Waals surface area (Å²) in [6, 6.07) is 15.0. The third-order valence-electron chi connectivity index (χ3n) is 4.03. The van der Waals surface area contributed by atoms with E-state index >= 15 is 0 Å². The molecule has 0 aliphatic heterocycles. The Labute approximate surface area is 133 Å². The van der Waals surface area contributed by atoms with Crippen molar-refractivity contribution in [2.75, 3.05) is 0 Å². The summed E-state index contributed by atoms with van der Waals surface area (Å²) in [4.78, 5) is 4.56. The molecule has 1 saturated carbocycles. The highest BCUT2D eigenvalue weighted by Crippen LogP contribution is 2.28. The molecule has 3 heteroatoms. The summed E-state index contributed by atoms with van der Waals surface area (Å²) < 4.78 is 0. The maximum atomic E-state index is 10.7. The first-order chi connectivity index (χ1) is 10.4. The predicted molar refractivity (Wildman–Crippen MR) is 97.1 cm³/mol. The zero-order valence-corrected chi connectivity index (χ0v) is 14.5. The monoisotopic (exact) mass is 309 g/mol. The van der Waals surface area contributed by atoms with Crippen molar-refractivity contribution in [3.05, 3.63) is 48.0 Å². The number of rotatable bonds is 4. The van der Waals surface area contributed by atoms with Crippen LogP contribution in [-0.4, -0.2) is 25.4 Å². The maximum absolute atomic E-state index is 10.7. The topological polar surface area (TPSA) is 32.6 Å². The fourth-order valence-electron chi connectivity index (χ4n) is 2.53. The highest BCUT2D eigenvalue weighted by Gasteiger charge is 2.24. The van der Waals surface area contributed by atoms with Crippen molar-refractivity contribution in [2.45, 2.75) is 38.5 Å². The van der Waals surface area contributed by atoms with E-state index in [1.165, 1.54) is 18.4 Å². The molecule has 1 aliphatic carbocycles. The van der Waals surface area contributed by atoms with Crippen LogP contribution >= 0.6 is 0 Å². The van der Waals surface area contributed by atoms with Crippen LogP contribution in [0, 0.1) is 0 Å². The molecule has 0 aromatic heterocycles. The van der Waals surface area contributed by atoms with Gasteiger partial charge in [-0.15, -0.1) is 0 Å². The Kier molecular flexibility index (Phi) is 3.91. The third-order valence-corrected chi connectivity index (χ3v) is 6.02. The van der Waals surface area contributed by atoms with Crippen molar-refractivity contribution in [2.24, 2.45) is 4.99 Å². The lowest BCUT2D eigenvalue weighted by Crippen LogP contribution is -2.38. The lowest BCUT2D eigenvalue weighted by molar-refractivity contribution is 0.478. The molecule has 0 heterocycles. The van der Waals surface area contributed by atoms with Gasteiger partial charge in [-0.05, 0) is 35.2 Å². The summed E-state index contributed by atoms with van der Waals surface area (Å²) in [7, 11) is -1.63. The number of phenols is 1. The first-order valence-corrected chi connectivity index (χ1v) is 11.4. The van der Waals surface area contributed by atoms with Gasteiger partial charge in [0.25, 0.3) is 0 Å². The number of nitrogens with zero attached hydrogens (tertiary/aromatic N) is 1. The van der Waals surface area contributed by atoms with Crippen LogP contribution in [0.5, 0.6) is 5.75 Å². The summed E-state index contributed by atoms with van der Waals surface area (Å²) in [5.74, 6) is 0.420. The minimum absolute atomic E-state index is 0.420. The van der Waals surface area contributed by atoms with Gasteiger partial charge in [-0.2, -0.15) is 0 Å². The fraction of sp³-hybridized carbons (Fsp3) is 0.316. The minimum atomic E-state index is -1.63. The molecule has 0 atom stereocenters. The van der Waals surface area contributed by atoms with Crippen molar-refractivity contribution < 1.29 is 5.11 Å². The van der Waals surface area contributed by atoms with E-state index in [9.17, 15) is 5.11 Å². The normalized spacial score (nSPS) is 15.4. The van der Waals surface area contributed by atoms with E-state index in [-0.39, 0.29) is 0 Å². The molecule has 22 heavy (non-hydrogen) atoms. The standard InChI is InChI=1S/C19H23NOSi/c1-22(2,3)18-12-15(14-7-5-4-6-8-14)11-16(19(18)21)13-20-17-9-10-17/h4-8,11-13,17,21H,9-10H2,1-3H3. The van der Waals surface area contributed by atoms with Crippen molar-refractivity contribution in [1.82, 2.24) is 0 Å². The molecule has 2 nitrogen and oxygen atoms in total. The number of phenolic OH excluding ortho intramolecular Hbond substituents is 1. The summed E-state index contributed by atoms with van der Waals surface area (Å²) in [5, 5.41) is 11.8. The molecule has 0 bridgehead atoms. The lowest BCUT2D eigenvalue weighted by atomic mass is 10.0. The molecule has 0 spiro atoms. The van der Waals surface area contributed by atoms with Gasteiger partial charge in [0.2, 0.25) is 0 Å². The Morgan fingerprint density at radius 3 is 2.32 bits per heavy atom. The molecular weight excluding hydrogens is 286 g/mol. The van der Waals surface area contributed by atoms with E-state index in [4.69, 9.17) is 0 Å². The first-order valence-electron chi connectivity index (χ1n) is 7.91. The number of hydrogen-bond donors (Lipinski definition) is 1. The van der Waals surface area contributed by atoms with E-state index in [1.54, 1.807) is 0 Å². The van der Waals surface area contributed by atoms with Gasteiger partial charge in [0.1, 0.15) is 5.75 Å². The van der Waals surface area contributed by atoms with Gasteiger partial charge < -0.3 is 5.11 Å². The molecule has 0 amide bonds. The average Bonchev–Trinajstić information content (AvgIpc) is 3.30. The van der Waals surface area contributed by atoms with Crippen LogP contribution in [0.4, 0.5) is 0 Å². The summed E-state index contributed by atoms with van der Waals surface area (Å²) in [6.45, 7) is 6.79. The van der Waals surface area contributed by atoms with Crippen LogP contribution in [0.25, 0.3) is 11.1 Å². The van der Waals surface area contributed by atoms with E-state index in [1.807, 2.05) is 24.4 Å². The van der Waals surface area contributed by atoms with E-state index in [2.05, 4.69) is 48.9 Å². The van der Waals surface area contributed by atoms with E-state index < -0.39 is 8.07 Å². The molecular formula is C19H23NOSi. The van der Waals surface area contributed by atoms with Crippen LogP contribution < -0.4 is 5.19 Å². The molecule has 1 fully saturated rings. The molecule has 2 aromatic rings. The Hall–Kier alpha value is -1.87. The smallest absolute Gasteiger partial charge is 0.123 e. The van der Waals surface area contributed by atoms with Crippen LogP contribution in [0.3, 0.4) is 0 Å². The molecule has 1 N–H and O–H groups in total. The molecule has 0 unspecified atom stereocenters. The second kappa shape index (κ2) is 5.73. The van der Waals surface area contributed by atoms with Gasteiger partial charge in [0.15, 0.2) is 0 Å². The number of aromatic hydroxyl groups is 1. The maximum Gasteiger partial charge on any atom is 0.123 e. The van der Waals surface area contributed by atoms with Crippen LogP contribution in [0.2, 0.25) is 19.6 Å². The molecule has 114 valence electrons. The minimum Gasteiger partial charge on any atom is -0.507 e. The molecule has 0 saturated heterocycles. The summed E-state index contributed by atoms with van der Waals surface area (Å²) >= 11 is 0. The lowest BCUT2D eigenvalue weighted by Gasteiger charge is -2.21. The number of benzene rings is 2. The second-order valence-electron chi connectivity index (χ2n) is 7.09. The van der Waals surface area contributed by atoms with Crippen molar-refractivity contribution in [3.63, 3.8) is 0 Å². The Morgan fingerprint density at radius 1 is 1.05 bits per heavy atom. The quantitative estimate of drug-likeness (QED) is 0.667. The highest BCUT2D eigenvalue weighted by molar-refractivity contribution is 6.89.